The fourth-order valence-corrected chi connectivity index (χ4v) is 0. The third-order valence-corrected chi connectivity index (χ3v) is 0.499. The molecule has 0 bridgehead atoms. The van der Waals surface area contributed by atoms with Crippen molar-refractivity contribution in [3.05, 3.63) is 0 Å². The number of carbonyl (C=O) groups is 1. The van der Waals surface area contributed by atoms with Crippen molar-refractivity contribution in [2.45, 2.75) is 13.3 Å². The quantitative estimate of drug-likeness (QED) is 0.540. The summed E-state index contributed by atoms with van der Waals surface area (Å²) in [5, 5.41) is 0. The van der Waals surface area contributed by atoms with Crippen LogP contribution in [0.15, 0.2) is 0 Å². The molecular formula is C6H16N2O. The predicted molar refractivity (Wildman–Crippen MR) is 39.1 cm³/mol. The molecule has 0 aromatic rings. The van der Waals surface area contributed by atoms with Crippen LogP contribution in [-0.2, 0) is 4.79 Å². The van der Waals surface area contributed by atoms with Crippen LogP contribution in [0.5, 0.6) is 0 Å². The molecule has 0 heterocycles. The Balaban J connectivity index is 0. The largest absolute Gasteiger partial charge is 0.351 e. The van der Waals surface area contributed by atoms with Gasteiger partial charge >= 0.3 is 0 Å². The first-order valence-corrected chi connectivity index (χ1v) is 3.00. The Kier molecular flexibility index (Phi) is 13.0. The molecule has 9 heavy (non-hydrogen) atoms. The average Bonchev–Trinajstić information content (AvgIpc) is 1.89. The summed E-state index contributed by atoms with van der Waals surface area (Å²) in [5.41, 5.74) is 5.03. The molecule has 0 aromatic heterocycles. The second-order valence-corrected chi connectivity index (χ2v) is 1.86. The molecule has 2 N–H and O–H groups in total. The third kappa shape index (κ3) is 37.1. The number of nitrogens with zero attached hydrogens (tertiary/aromatic N) is 1. The number of nitrogens with two attached hydrogens (primary N) is 1. The first kappa shape index (κ1) is 11.3. The molecule has 0 aliphatic heterocycles. The number of hydrogen-bond acceptors (Lipinski definition) is 2. The zero-order chi connectivity index (χ0) is 7.70. The molecule has 3 heteroatoms. The van der Waals surface area contributed by atoms with Gasteiger partial charge in [-0.1, -0.05) is 6.92 Å². The highest BCUT2D eigenvalue weighted by Gasteiger charge is 1.68. The fourth-order valence-electron chi connectivity index (χ4n) is 0. The molecule has 0 spiro atoms. The maximum atomic E-state index is 9.43. The minimum absolute atomic E-state index is 0.750. The van der Waals surface area contributed by atoms with Gasteiger partial charge in [0.15, 0.2) is 0 Å². The van der Waals surface area contributed by atoms with Gasteiger partial charge in [-0.05, 0) is 13.0 Å². The van der Waals surface area contributed by atoms with Gasteiger partial charge in [0.25, 0.3) is 0 Å². The molecule has 0 saturated carbocycles. The van der Waals surface area contributed by atoms with Crippen molar-refractivity contribution in [1.82, 2.24) is 4.90 Å². The molecule has 0 saturated heterocycles. The van der Waals surface area contributed by atoms with E-state index in [1.54, 1.807) is 14.1 Å². The maximum Gasteiger partial charge on any atom is 0.209 e. The molecule has 0 atom stereocenters. The summed E-state index contributed by atoms with van der Waals surface area (Å²) in [7, 11) is 3.38. The Morgan fingerprint density at radius 3 is 1.78 bits per heavy atom. The molecule has 0 radical (unpaired) electrons. The summed E-state index contributed by atoms with van der Waals surface area (Å²) in [6.45, 7) is 2.88. The van der Waals surface area contributed by atoms with Crippen LogP contribution in [-0.4, -0.2) is 32.0 Å². The van der Waals surface area contributed by atoms with Gasteiger partial charge in [0, 0.05) is 14.1 Å². The van der Waals surface area contributed by atoms with Crippen LogP contribution in [0.2, 0.25) is 0 Å². The highest BCUT2D eigenvalue weighted by molar-refractivity contribution is 5.45. The topological polar surface area (TPSA) is 46.3 Å². The molecule has 0 aromatic carbocycles. The van der Waals surface area contributed by atoms with Crippen LogP contribution in [0.1, 0.15) is 13.3 Å². The second kappa shape index (κ2) is 10.4. The van der Waals surface area contributed by atoms with Gasteiger partial charge in [-0.2, -0.15) is 0 Å². The number of amides is 1. The lowest BCUT2D eigenvalue weighted by Crippen LogP contribution is -2.06. The van der Waals surface area contributed by atoms with Crippen molar-refractivity contribution in [2.75, 3.05) is 20.6 Å². The van der Waals surface area contributed by atoms with E-state index in [1.165, 1.54) is 4.90 Å². The van der Waals surface area contributed by atoms with Crippen molar-refractivity contribution in [1.29, 1.82) is 0 Å². The molecule has 0 unspecified atom stereocenters. The molecule has 0 fully saturated rings. The predicted octanol–water partition coefficient (Wildman–Crippen LogP) is 0.0595. The zero-order valence-corrected chi connectivity index (χ0v) is 6.42. The van der Waals surface area contributed by atoms with E-state index < -0.39 is 0 Å². The summed E-state index contributed by atoms with van der Waals surface area (Å²) in [6, 6.07) is 0. The Morgan fingerprint density at radius 2 is 1.78 bits per heavy atom. The van der Waals surface area contributed by atoms with E-state index in [1.807, 2.05) is 0 Å². The normalized spacial score (nSPS) is 7.11. The standard InChI is InChI=1S/C3H7NO.C3H9N/c1-4(2)3-5;1-2-3-4/h3H,1-2H3;2-4H2,1H3. The van der Waals surface area contributed by atoms with Crippen molar-refractivity contribution in [3.63, 3.8) is 0 Å². The van der Waals surface area contributed by atoms with Gasteiger partial charge in [0.1, 0.15) is 0 Å². The van der Waals surface area contributed by atoms with Gasteiger partial charge in [0.2, 0.25) is 6.41 Å². The lowest BCUT2D eigenvalue weighted by molar-refractivity contribution is -0.115. The Labute approximate surface area is 56.8 Å². The molecule has 0 rings (SSSR count). The molecule has 56 valence electrons. The van der Waals surface area contributed by atoms with Gasteiger partial charge in [-0.3, -0.25) is 4.79 Å². The summed E-state index contributed by atoms with van der Waals surface area (Å²) in [6.07, 6.45) is 1.85. The SMILES string of the molecule is CCCN.CN(C)C=O. The van der Waals surface area contributed by atoms with Crippen LogP contribution >= 0.6 is 0 Å². The van der Waals surface area contributed by atoms with Crippen molar-refractivity contribution >= 4 is 6.41 Å². The van der Waals surface area contributed by atoms with Gasteiger partial charge in [0.05, 0.1) is 0 Å². The van der Waals surface area contributed by atoms with Gasteiger partial charge in [-0.15, -0.1) is 0 Å². The van der Waals surface area contributed by atoms with Crippen LogP contribution < -0.4 is 5.73 Å². The monoisotopic (exact) mass is 132 g/mol. The van der Waals surface area contributed by atoms with E-state index in [9.17, 15) is 4.79 Å². The first-order chi connectivity index (χ1) is 4.18. The van der Waals surface area contributed by atoms with E-state index in [0.717, 1.165) is 19.4 Å². The lowest BCUT2D eigenvalue weighted by atomic mass is 10.5. The van der Waals surface area contributed by atoms with Crippen LogP contribution in [0.3, 0.4) is 0 Å². The van der Waals surface area contributed by atoms with Crippen LogP contribution in [0, 0.1) is 0 Å². The summed E-state index contributed by atoms with van der Waals surface area (Å²) >= 11 is 0. The Bertz CT molecular complexity index is 53.0. The lowest BCUT2D eigenvalue weighted by Gasteiger charge is -1.93. The highest BCUT2D eigenvalue weighted by Crippen LogP contribution is 1.57. The zero-order valence-electron chi connectivity index (χ0n) is 6.42. The highest BCUT2D eigenvalue weighted by atomic mass is 16.1. The van der Waals surface area contributed by atoms with E-state index in [2.05, 4.69) is 6.92 Å². The maximum absolute atomic E-state index is 9.43. The molecule has 0 aliphatic rings. The Hall–Kier alpha value is -0.570. The number of carbonyl (C=O) groups excluding carboxylic acids is 1. The first-order valence-electron chi connectivity index (χ1n) is 3.00. The summed E-state index contributed by atoms with van der Waals surface area (Å²) in [4.78, 5) is 10.9. The van der Waals surface area contributed by atoms with Crippen molar-refractivity contribution in [3.8, 4) is 0 Å². The minimum Gasteiger partial charge on any atom is -0.351 e. The van der Waals surface area contributed by atoms with E-state index in [4.69, 9.17) is 5.73 Å². The Morgan fingerprint density at radius 1 is 1.56 bits per heavy atom. The van der Waals surface area contributed by atoms with E-state index in [-0.39, 0.29) is 0 Å². The van der Waals surface area contributed by atoms with Crippen molar-refractivity contribution < 1.29 is 4.79 Å². The van der Waals surface area contributed by atoms with Crippen molar-refractivity contribution in [2.24, 2.45) is 5.73 Å². The van der Waals surface area contributed by atoms with Gasteiger partial charge < -0.3 is 10.6 Å². The number of rotatable bonds is 2. The number of hydrogen-bond donors (Lipinski definition) is 1. The van der Waals surface area contributed by atoms with E-state index >= 15 is 0 Å². The molecular weight excluding hydrogens is 116 g/mol. The second-order valence-electron chi connectivity index (χ2n) is 1.86. The summed E-state index contributed by atoms with van der Waals surface area (Å²) < 4.78 is 0. The minimum atomic E-state index is 0.750. The third-order valence-electron chi connectivity index (χ3n) is 0.499. The average molecular weight is 132 g/mol. The molecule has 0 aliphatic carbocycles. The van der Waals surface area contributed by atoms with E-state index in [0.29, 0.717) is 0 Å². The molecule has 3 nitrogen and oxygen atoms in total. The summed E-state index contributed by atoms with van der Waals surface area (Å²) in [5.74, 6) is 0. The van der Waals surface area contributed by atoms with Crippen LogP contribution in [0.25, 0.3) is 0 Å². The van der Waals surface area contributed by atoms with Gasteiger partial charge in [-0.25, -0.2) is 0 Å². The fraction of sp³-hybridized carbons (Fsp3) is 0.833. The van der Waals surface area contributed by atoms with Crippen LogP contribution in [0.4, 0.5) is 0 Å². The smallest absolute Gasteiger partial charge is 0.209 e. The molecule has 1 amide bonds.